The van der Waals surface area contributed by atoms with Gasteiger partial charge in [-0.1, -0.05) is 75.3 Å². The van der Waals surface area contributed by atoms with Crippen LogP contribution < -0.4 is 5.32 Å². The number of nitrogens with one attached hydrogen (secondary N) is 1. The Morgan fingerprint density at radius 2 is 1.75 bits per heavy atom. The quantitative estimate of drug-likeness (QED) is 0.515. The molecule has 0 heterocycles. The van der Waals surface area contributed by atoms with Gasteiger partial charge in [-0.2, -0.15) is 0 Å². The molecule has 0 spiro atoms. The number of esters is 1. The second kappa shape index (κ2) is 12.2. The topological polar surface area (TPSA) is 84.9 Å². The van der Waals surface area contributed by atoms with Gasteiger partial charge >= 0.3 is 12.1 Å². The maximum absolute atomic E-state index is 13.1. The second-order valence-corrected chi connectivity index (χ2v) is 9.69. The van der Waals surface area contributed by atoms with Crippen molar-refractivity contribution in [3.8, 4) is 0 Å². The molecule has 2 saturated carbocycles. The highest BCUT2D eigenvalue weighted by atomic mass is 16.6. The molecule has 0 unspecified atom stereocenters. The zero-order valence-electron chi connectivity index (χ0n) is 19.4. The van der Waals surface area contributed by atoms with E-state index in [1.165, 1.54) is 39.2 Å². The number of methoxy groups -OCH3 is 1. The summed E-state index contributed by atoms with van der Waals surface area (Å²) >= 11 is 0. The Bertz CT molecular complexity index is 718. The first-order valence-corrected chi connectivity index (χ1v) is 12.3. The molecular weight excluding hydrogens is 406 g/mol. The van der Waals surface area contributed by atoms with E-state index in [2.05, 4.69) is 5.32 Å². The summed E-state index contributed by atoms with van der Waals surface area (Å²) < 4.78 is 10.7. The number of benzene rings is 1. The molecule has 178 valence electrons. The van der Waals surface area contributed by atoms with Crippen LogP contribution in [0.4, 0.5) is 4.79 Å². The van der Waals surface area contributed by atoms with E-state index in [4.69, 9.17) is 9.47 Å². The van der Waals surface area contributed by atoms with Crippen LogP contribution in [0.1, 0.15) is 82.6 Å². The lowest BCUT2D eigenvalue weighted by Crippen LogP contribution is -2.56. The third-order valence-corrected chi connectivity index (χ3v) is 7.23. The number of amides is 1. The molecule has 3 rings (SSSR count). The standard InChI is InChI=1S/C26H39NO5/c1-31-24(29)26(16-15-20-9-4-2-5-10-20,18-22-13-8-14-23(28)17-22)27-25(30)32-19-21-11-6-3-7-12-21/h3,6-7,11-12,20,22-23,28H,2,4-5,8-10,13-19H2,1H3,(H,27,30)/t22-,23-,26+/m0/s1. The molecule has 32 heavy (non-hydrogen) atoms. The van der Waals surface area contributed by atoms with E-state index in [0.717, 1.165) is 31.2 Å². The van der Waals surface area contributed by atoms with E-state index in [9.17, 15) is 14.7 Å². The minimum absolute atomic E-state index is 0.148. The van der Waals surface area contributed by atoms with Gasteiger partial charge in [0.25, 0.3) is 0 Å². The smallest absolute Gasteiger partial charge is 0.408 e. The van der Waals surface area contributed by atoms with Gasteiger partial charge in [0.2, 0.25) is 0 Å². The normalized spacial score (nSPS) is 23.7. The first-order valence-electron chi connectivity index (χ1n) is 12.3. The Hall–Kier alpha value is -2.08. The molecule has 2 aliphatic carbocycles. The molecule has 2 aliphatic rings. The Balaban J connectivity index is 1.72. The van der Waals surface area contributed by atoms with Gasteiger partial charge in [-0.3, -0.25) is 0 Å². The highest BCUT2D eigenvalue weighted by Gasteiger charge is 2.44. The van der Waals surface area contributed by atoms with Crippen LogP contribution in [0, 0.1) is 11.8 Å². The molecule has 6 heteroatoms. The van der Waals surface area contributed by atoms with Crippen molar-refractivity contribution in [2.45, 2.75) is 95.3 Å². The summed E-state index contributed by atoms with van der Waals surface area (Å²) in [6, 6.07) is 9.50. The predicted molar refractivity (Wildman–Crippen MR) is 123 cm³/mol. The molecule has 0 radical (unpaired) electrons. The van der Waals surface area contributed by atoms with Crippen molar-refractivity contribution in [3.05, 3.63) is 35.9 Å². The lowest BCUT2D eigenvalue weighted by Gasteiger charge is -2.38. The maximum atomic E-state index is 13.1. The fourth-order valence-corrected chi connectivity index (χ4v) is 5.47. The highest BCUT2D eigenvalue weighted by Crippen LogP contribution is 2.36. The van der Waals surface area contributed by atoms with Crippen LogP contribution in [0.3, 0.4) is 0 Å². The summed E-state index contributed by atoms with van der Waals surface area (Å²) in [5, 5.41) is 13.1. The molecule has 1 aromatic carbocycles. The molecule has 0 saturated heterocycles. The number of hydrogen-bond donors (Lipinski definition) is 2. The first kappa shape index (κ1) is 24.6. The monoisotopic (exact) mass is 445 g/mol. The lowest BCUT2D eigenvalue weighted by molar-refractivity contribution is -0.150. The molecule has 1 amide bonds. The molecule has 2 N–H and O–H groups in total. The van der Waals surface area contributed by atoms with Crippen molar-refractivity contribution in [3.63, 3.8) is 0 Å². The van der Waals surface area contributed by atoms with Gasteiger partial charge in [0, 0.05) is 0 Å². The van der Waals surface area contributed by atoms with E-state index in [0.29, 0.717) is 25.2 Å². The van der Waals surface area contributed by atoms with Crippen molar-refractivity contribution in [1.29, 1.82) is 0 Å². The minimum atomic E-state index is -1.12. The Morgan fingerprint density at radius 3 is 2.44 bits per heavy atom. The van der Waals surface area contributed by atoms with Gasteiger partial charge in [0.1, 0.15) is 12.1 Å². The van der Waals surface area contributed by atoms with Gasteiger partial charge in [0.15, 0.2) is 0 Å². The van der Waals surface area contributed by atoms with Gasteiger partial charge in [-0.25, -0.2) is 9.59 Å². The molecule has 0 bridgehead atoms. The minimum Gasteiger partial charge on any atom is -0.467 e. The number of rotatable bonds is 9. The Labute approximate surface area is 192 Å². The first-order chi connectivity index (χ1) is 15.5. The van der Waals surface area contributed by atoms with Crippen LogP contribution in [0.15, 0.2) is 30.3 Å². The largest absolute Gasteiger partial charge is 0.467 e. The number of hydrogen-bond acceptors (Lipinski definition) is 5. The SMILES string of the molecule is COC(=O)[C@@](CCC1CCCCC1)(C[C@H]1CCC[C@H](O)C1)NC(=O)OCc1ccccc1. The predicted octanol–water partition coefficient (Wildman–Crippen LogP) is 5.13. The number of aliphatic hydroxyl groups is 1. The summed E-state index contributed by atoms with van der Waals surface area (Å²) in [6.45, 7) is 0.148. The molecule has 6 nitrogen and oxygen atoms in total. The molecular formula is C26H39NO5. The molecule has 3 atom stereocenters. The van der Waals surface area contributed by atoms with E-state index >= 15 is 0 Å². The van der Waals surface area contributed by atoms with Crippen LogP contribution >= 0.6 is 0 Å². The van der Waals surface area contributed by atoms with Crippen molar-refractivity contribution in [2.75, 3.05) is 7.11 Å². The summed E-state index contributed by atoms with van der Waals surface area (Å²) in [7, 11) is 1.38. The van der Waals surface area contributed by atoms with Crippen LogP contribution in [0.5, 0.6) is 0 Å². The fraction of sp³-hybridized carbons (Fsp3) is 0.692. The second-order valence-electron chi connectivity index (χ2n) is 9.69. The van der Waals surface area contributed by atoms with Gasteiger partial charge in [0.05, 0.1) is 13.2 Å². The zero-order valence-corrected chi connectivity index (χ0v) is 19.4. The summed E-state index contributed by atoms with van der Waals surface area (Å²) in [5.41, 5.74) is -0.231. The zero-order chi connectivity index (χ0) is 22.8. The van der Waals surface area contributed by atoms with Crippen LogP contribution in [-0.2, 0) is 20.9 Å². The van der Waals surface area contributed by atoms with Gasteiger partial charge in [-0.15, -0.1) is 0 Å². The maximum Gasteiger partial charge on any atom is 0.408 e. The summed E-state index contributed by atoms with van der Waals surface area (Å²) in [4.78, 5) is 25.9. The molecule has 2 fully saturated rings. The van der Waals surface area contributed by atoms with Gasteiger partial charge in [-0.05, 0) is 49.5 Å². The number of carbonyl (C=O) groups excluding carboxylic acids is 2. The van der Waals surface area contributed by atoms with E-state index < -0.39 is 17.6 Å². The lowest BCUT2D eigenvalue weighted by atomic mass is 9.74. The average molecular weight is 446 g/mol. The van der Waals surface area contributed by atoms with Crippen LogP contribution in [0.25, 0.3) is 0 Å². The van der Waals surface area contributed by atoms with E-state index in [1.807, 2.05) is 30.3 Å². The molecule has 1 aromatic rings. The number of alkyl carbamates (subject to hydrolysis) is 1. The highest BCUT2D eigenvalue weighted by molar-refractivity contribution is 5.85. The fourth-order valence-electron chi connectivity index (χ4n) is 5.47. The third kappa shape index (κ3) is 7.22. The van der Waals surface area contributed by atoms with E-state index in [-0.39, 0.29) is 18.6 Å². The molecule has 0 aromatic heterocycles. The third-order valence-electron chi connectivity index (χ3n) is 7.23. The van der Waals surface area contributed by atoms with Gasteiger partial charge < -0.3 is 19.9 Å². The summed E-state index contributed by atoms with van der Waals surface area (Å²) in [5.74, 6) is 0.329. The van der Waals surface area contributed by atoms with Crippen molar-refractivity contribution >= 4 is 12.1 Å². The number of carbonyl (C=O) groups is 2. The van der Waals surface area contributed by atoms with E-state index in [1.54, 1.807) is 0 Å². The van der Waals surface area contributed by atoms with Crippen LogP contribution in [0.2, 0.25) is 0 Å². The Morgan fingerprint density at radius 1 is 1.03 bits per heavy atom. The Kier molecular flexibility index (Phi) is 9.39. The average Bonchev–Trinajstić information content (AvgIpc) is 2.82. The van der Waals surface area contributed by atoms with Crippen molar-refractivity contribution < 1.29 is 24.2 Å². The number of aliphatic hydroxyl groups excluding tert-OH is 1. The summed E-state index contributed by atoms with van der Waals surface area (Å²) in [6.07, 6.45) is 10.4. The van der Waals surface area contributed by atoms with Crippen LogP contribution in [-0.4, -0.2) is 35.9 Å². The molecule has 0 aliphatic heterocycles. The van der Waals surface area contributed by atoms with Crippen molar-refractivity contribution in [2.24, 2.45) is 11.8 Å². The number of ether oxygens (including phenoxy) is 2. The van der Waals surface area contributed by atoms with Crippen molar-refractivity contribution in [1.82, 2.24) is 5.32 Å².